The second kappa shape index (κ2) is 6.40. The molecule has 0 aliphatic carbocycles. The third-order valence-electron chi connectivity index (χ3n) is 3.28. The van der Waals surface area contributed by atoms with Gasteiger partial charge in [-0.15, -0.1) is 0 Å². The van der Waals surface area contributed by atoms with E-state index in [0.717, 1.165) is 0 Å². The van der Waals surface area contributed by atoms with Gasteiger partial charge in [-0.1, -0.05) is 5.16 Å². The Bertz CT molecular complexity index is 956. The first-order valence-electron chi connectivity index (χ1n) is 7.11. The molecule has 0 aliphatic rings. The van der Waals surface area contributed by atoms with E-state index in [4.69, 9.17) is 9.26 Å². The highest BCUT2D eigenvalue weighted by molar-refractivity contribution is 7.93. The van der Waals surface area contributed by atoms with Crippen molar-refractivity contribution in [1.82, 2.24) is 15.1 Å². The summed E-state index contributed by atoms with van der Waals surface area (Å²) in [7, 11) is -0.998. The second-order valence-corrected chi connectivity index (χ2v) is 7.37. The molecular formula is C16H16N4O3S. The molecule has 3 rings (SSSR count). The number of rotatable bonds is 4. The summed E-state index contributed by atoms with van der Waals surface area (Å²) in [5.74, 6) is 1.58. The lowest BCUT2D eigenvalue weighted by Crippen LogP contribution is -1.97. The Morgan fingerprint density at radius 1 is 1.17 bits per heavy atom. The molecule has 3 aromatic rings. The van der Waals surface area contributed by atoms with Crippen LogP contribution in [0.5, 0.6) is 5.75 Å². The zero-order chi connectivity index (χ0) is 17.2. The van der Waals surface area contributed by atoms with E-state index >= 15 is 0 Å². The first kappa shape index (κ1) is 16.1. The molecule has 1 unspecified atom stereocenters. The molecule has 0 amide bonds. The molecule has 0 radical (unpaired) electrons. The van der Waals surface area contributed by atoms with Gasteiger partial charge < -0.3 is 9.26 Å². The van der Waals surface area contributed by atoms with Gasteiger partial charge in [-0.2, -0.15) is 9.35 Å². The van der Waals surface area contributed by atoms with Crippen LogP contribution in [0.4, 0.5) is 5.69 Å². The molecule has 0 bridgehead atoms. The van der Waals surface area contributed by atoms with E-state index < -0.39 is 9.73 Å². The predicted octanol–water partition coefficient (Wildman–Crippen LogP) is 3.24. The van der Waals surface area contributed by atoms with Gasteiger partial charge in [0.25, 0.3) is 0 Å². The molecule has 0 N–H and O–H groups in total. The first-order valence-corrected chi connectivity index (χ1v) is 9.03. The maximum absolute atomic E-state index is 12.8. The van der Waals surface area contributed by atoms with E-state index in [-0.39, 0.29) is 0 Å². The number of hydrogen-bond acceptors (Lipinski definition) is 7. The third-order valence-corrected chi connectivity index (χ3v) is 4.99. The largest absolute Gasteiger partial charge is 0.497 e. The minimum absolute atomic E-state index is 0.409. The normalized spacial score (nSPS) is 13.3. The molecule has 2 heterocycles. The fraction of sp³-hybridized carbons (Fsp3) is 0.188. The summed E-state index contributed by atoms with van der Waals surface area (Å²) >= 11 is 0. The quantitative estimate of drug-likeness (QED) is 0.721. The van der Waals surface area contributed by atoms with Gasteiger partial charge in [0, 0.05) is 18.1 Å². The molecule has 8 heteroatoms. The van der Waals surface area contributed by atoms with E-state index in [1.807, 2.05) is 0 Å². The lowest BCUT2D eigenvalue weighted by molar-refractivity contribution is 0.394. The first-order chi connectivity index (χ1) is 11.5. The fourth-order valence-electron chi connectivity index (χ4n) is 2.06. The van der Waals surface area contributed by atoms with Crippen LogP contribution in [-0.4, -0.2) is 32.7 Å². The van der Waals surface area contributed by atoms with Crippen molar-refractivity contribution in [2.75, 3.05) is 13.4 Å². The SMILES string of the molecule is COc1ccc(S(C)(=O)=Nc2ccc(-c3noc(C)n3)nc2)cc1. The molecule has 2 aromatic heterocycles. The third kappa shape index (κ3) is 3.43. The predicted molar refractivity (Wildman–Crippen MR) is 89.7 cm³/mol. The van der Waals surface area contributed by atoms with Gasteiger partial charge in [-0.05, 0) is 36.4 Å². The number of ether oxygens (including phenoxy) is 1. The summed E-state index contributed by atoms with van der Waals surface area (Å²) < 4.78 is 27.2. The smallest absolute Gasteiger partial charge is 0.223 e. The van der Waals surface area contributed by atoms with Crippen molar-refractivity contribution in [3.8, 4) is 17.3 Å². The monoisotopic (exact) mass is 344 g/mol. The van der Waals surface area contributed by atoms with Crippen LogP contribution in [0.15, 0.2) is 56.4 Å². The van der Waals surface area contributed by atoms with Crippen molar-refractivity contribution >= 4 is 15.4 Å². The number of hydrogen-bond donors (Lipinski definition) is 0. The van der Waals surface area contributed by atoms with Crippen molar-refractivity contribution in [3.05, 3.63) is 48.5 Å². The van der Waals surface area contributed by atoms with E-state index in [1.165, 1.54) is 6.20 Å². The number of methoxy groups -OCH3 is 1. The summed E-state index contributed by atoms with van der Waals surface area (Å²) in [5.41, 5.74) is 1.08. The second-order valence-electron chi connectivity index (χ2n) is 5.11. The Kier molecular flexibility index (Phi) is 4.30. The molecule has 1 atom stereocenters. The van der Waals surface area contributed by atoms with Crippen LogP contribution in [0, 0.1) is 6.92 Å². The van der Waals surface area contributed by atoms with Crippen LogP contribution in [0.3, 0.4) is 0 Å². The maximum atomic E-state index is 12.8. The number of nitrogens with zero attached hydrogens (tertiary/aromatic N) is 4. The average Bonchev–Trinajstić information content (AvgIpc) is 3.02. The molecule has 7 nitrogen and oxygen atoms in total. The standard InChI is InChI=1S/C16H16N4O3S/c1-11-18-16(19-23-11)15-9-4-12(10-17-15)20-24(3,21)14-7-5-13(22-2)6-8-14/h4-10H,1-3H3. The van der Waals surface area contributed by atoms with Gasteiger partial charge in [0.15, 0.2) is 0 Å². The van der Waals surface area contributed by atoms with Gasteiger partial charge in [-0.25, -0.2) is 4.21 Å². The van der Waals surface area contributed by atoms with E-state index in [1.54, 1.807) is 56.7 Å². The summed E-state index contributed by atoms with van der Waals surface area (Å²) in [6.07, 6.45) is 3.12. The van der Waals surface area contributed by atoms with Crippen molar-refractivity contribution in [3.63, 3.8) is 0 Å². The van der Waals surface area contributed by atoms with Crippen LogP contribution >= 0.6 is 0 Å². The number of benzene rings is 1. The molecule has 1 aromatic carbocycles. The number of aryl methyl sites for hydroxylation is 1. The highest BCUT2D eigenvalue weighted by Crippen LogP contribution is 2.22. The van der Waals surface area contributed by atoms with Gasteiger partial charge >= 0.3 is 0 Å². The van der Waals surface area contributed by atoms with Crippen molar-refractivity contribution in [2.24, 2.45) is 4.36 Å². The summed E-state index contributed by atoms with van der Waals surface area (Å²) in [5, 5.41) is 3.81. The van der Waals surface area contributed by atoms with Gasteiger partial charge in [0.1, 0.15) is 11.4 Å². The Balaban J connectivity index is 1.90. The molecule has 24 heavy (non-hydrogen) atoms. The van der Waals surface area contributed by atoms with Crippen molar-refractivity contribution in [2.45, 2.75) is 11.8 Å². The van der Waals surface area contributed by atoms with Crippen molar-refractivity contribution < 1.29 is 13.5 Å². The van der Waals surface area contributed by atoms with Gasteiger partial charge in [0.05, 0.1) is 28.7 Å². The number of aromatic nitrogens is 3. The molecule has 0 aliphatic heterocycles. The molecule has 0 fully saturated rings. The Morgan fingerprint density at radius 2 is 1.92 bits per heavy atom. The highest BCUT2D eigenvalue weighted by atomic mass is 32.2. The average molecular weight is 344 g/mol. The Hall–Kier alpha value is -2.74. The van der Waals surface area contributed by atoms with Gasteiger partial charge in [0.2, 0.25) is 11.7 Å². The van der Waals surface area contributed by atoms with E-state index in [9.17, 15) is 4.21 Å². The maximum Gasteiger partial charge on any atom is 0.223 e. The minimum Gasteiger partial charge on any atom is -0.497 e. The lowest BCUT2D eigenvalue weighted by atomic mass is 10.3. The zero-order valence-corrected chi connectivity index (χ0v) is 14.3. The molecule has 124 valence electrons. The fourth-order valence-corrected chi connectivity index (χ4v) is 3.31. The van der Waals surface area contributed by atoms with Crippen LogP contribution in [0.25, 0.3) is 11.5 Å². The minimum atomic E-state index is -2.58. The highest BCUT2D eigenvalue weighted by Gasteiger charge is 2.09. The Morgan fingerprint density at radius 3 is 2.46 bits per heavy atom. The van der Waals surface area contributed by atoms with E-state index in [2.05, 4.69) is 19.5 Å². The summed E-state index contributed by atoms with van der Waals surface area (Å²) in [4.78, 5) is 8.98. The van der Waals surface area contributed by atoms with E-state index in [0.29, 0.717) is 33.7 Å². The van der Waals surface area contributed by atoms with Crippen LogP contribution in [-0.2, 0) is 9.73 Å². The van der Waals surface area contributed by atoms with Gasteiger partial charge in [-0.3, -0.25) is 4.98 Å². The number of pyridine rings is 1. The summed E-state index contributed by atoms with van der Waals surface area (Å²) in [6.45, 7) is 1.71. The van der Waals surface area contributed by atoms with Crippen molar-refractivity contribution in [1.29, 1.82) is 0 Å². The molecule has 0 spiro atoms. The van der Waals surface area contributed by atoms with Crippen LogP contribution < -0.4 is 4.74 Å². The molecule has 0 saturated carbocycles. The topological polar surface area (TPSA) is 90.5 Å². The van der Waals surface area contributed by atoms with Crippen LogP contribution in [0.2, 0.25) is 0 Å². The molecule has 0 saturated heterocycles. The zero-order valence-electron chi connectivity index (χ0n) is 13.5. The lowest BCUT2D eigenvalue weighted by Gasteiger charge is -2.06. The Labute approximate surface area is 139 Å². The summed E-state index contributed by atoms with van der Waals surface area (Å²) in [6, 6.07) is 10.4. The molecular weight excluding hydrogens is 328 g/mol. The van der Waals surface area contributed by atoms with Crippen LogP contribution in [0.1, 0.15) is 5.89 Å².